The van der Waals surface area contributed by atoms with E-state index >= 15 is 0 Å². The fraction of sp³-hybridized carbons (Fsp3) is 0.667. The number of aliphatic hydroxyl groups is 4. The molecule has 4 N–H and O–H groups in total. The molecule has 11 heteroatoms. The van der Waals surface area contributed by atoms with Gasteiger partial charge in [0.15, 0.2) is 6.23 Å². The molecule has 9 atom stereocenters. The number of imide groups is 1. The number of carbonyl (C=O) groups is 2. The largest absolute Gasteiger partial charge is 0.394 e. The van der Waals surface area contributed by atoms with E-state index in [0.717, 1.165) is 11.1 Å². The van der Waals surface area contributed by atoms with Gasteiger partial charge < -0.3 is 25.2 Å². The molecule has 1 aromatic rings. The van der Waals surface area contributed by atoms with Gasteiger partial charge in [-0.25, -0.2) is 4.68 Å². The van der Waals surface area contributed by atoms with Gasteiger partial charge in [0.1, 0.15) is 30.1 Å². The number of nitrogens with zero attached hydrogens (tertiary/aromatic N) is 4. The lowest BCUT2D eigenvalue weighted by molar-refractivity contribution is -0.254. The van der Waals surface area contributed by atoms with Gasteiger partial charge in [0, 0.05) is 0 Å². The fourth-order valence-electron chi connectivity index (χ4n) is 5.09. The molecule has 5 rings (SSSR count). The number of amides is 2. The molecule has 0 aromatic carbocycles. The highest BCUT2D eigenvalue weighted by Gasteiger charge is 2.59. The van der Waals surface area contributed by atoms with Gasteiger partial charge in [0.2, 0.25) is 11.8 Å². The SMILES string of the molecule is O=C1[C@@H]2[C@H](C(=O)N1Cc1cn([C@@H]3O[C@H](CO)[C@H](O)[C@H](O)[C@H]3O)nn1)[C@@H]1C=C[C@H]2C1. The molecule has 0 spiro atoms. The van der Waals surface area contributed by atoms with Crippen LogP contribution in [0.15, 0.2) is 18.3 Å². The number of aromatic nitrogens is 3. The van der Waals surface area contributed by atoms with Gasteiger partial charge in [-0.2, -0.15) is 0 Å². The normalized spacial score (nSPS) is 43.4. The van der Waals surface area contributed by atoms with E-state index in [4.69, 9.17) is 4.74 Å². The van der Waals surface area contributed by atoms with E-state index in [-0.39, 0.29) is 42.0 Å². The molecule has 0 unspecified atom stereocenters. The second kappa shape index (κ2) is 6.67. The molecule has 0 radical (unpaired) electrons. The minimum Gasteiger partial charge on any atom is -0.394 e. The van der Waals surface area contributed by atoms with Gasteiger partial charge in [-0.15, -0.1) is 5.10 Å². The van der Waals surface area contributed by atoms with Gasteiger partial charge in [-0.1, -0.05) is 17.4 Å². The van der Waals surface area contributed by atoms with E-state index in [1.807, 2.05) is 12.2 Å². The van der Waals surface area contributed by atoms with Crippen LogP contribution in [0.25, 0.3) is 0 Å². The standard InChI is InChI=1S/C18H22N4O7/c23-6-10-13(24)14(25)15(26)18(29-10)22-5-9(19-20-22)4-21-16(27)11-7-1-2-8(3-7)12(11)17(21)28/h1-2,5,7-8,10-15,18,23-26H,3-4,6H2/t7-,8+,10-,11-,12+,13+,14+,15-,18-/m1/s1. The summed E-state index contributed by atoms with van der Waals surface area (Å²) in [6.07, 6.45) is -0.460. The molecule has 156 valence electrons. The maximum Gasteiger partial charge on any atom is 0.234 e. The Kier molecular flexibility index (Phi) is 4.33. The summed E-state index contributed by atoms with van der Waals surface area (Å²) < 4.78 is 6.58. The number of hydrogen-bond donors (Lipinski definition) is 4. The Hall–Kier alpha value is -2.18. The van der Waals surface area contributed by atoms with Crippen molar-refractivity contribution in [1.82, 2.24) is 19.9 Å². The Bertz CT molecular complexity index is 840. The van der Waals surface area contributed by atoms with Gasteiger partial charge >= 0.3 is 0 Å². The summed E-state index contributed by atoms with van der Waals surface area (Å²) in [6.45, 7) is -0.597. The predicted octanol–water partition coefficient (Wildman–Crippen LogP) is -2.44. The van der Waals surface area contributed by atoms with Gasteiger partial charge in [-0.05, 0) is 18.3 Å². The first kappa shape index (κ1) is 18.8. The number of likely N-dealkylation sites (tertiary alicyclic amines) is 1. The lowest BCUT2D eigenvalue weighted by Gasteiger charge is -2.39. The van der Waals surface area contributed by atoms with E-state index in [0.29, 0.717) is 5.69 Å². The first-order chi connectivity index (χ1) is 13.9. The second-order valence-corrected chi connectivity index (χ2v) is 8.17. The summed E-state index contributed by atoms with van der Waals surface area (Å²) in [5.74, 6) is -0.734. The number of fused-ring (bicyclic) bond motifs is 5. The molecule has 2 saturated heterocycles. The molecule has 2 aliphatic heterocycles. The number of hydrogen-bond acceptors (Lipinski definition) is 9. The van der Waals surface area contributed by atoms with Crippen LogP contribution in [-0.4, -0.2) is 83.2 Å². The summed E-state index contributed by atoms with van der Waals surface area (Å²) in [6, 6.07) is 0. The molecule has 2 bridgehead atoms. The smallest absolute Gasteiger partial charge is 0.234 e. The molecule has 1 saturated carbocycles. The molecule has 2 amide bonds. The maximum absolute atomic E-state index is 12.8. The van der Waals surface area contributed by atoms with Crippen LogP contribution in [0.3, 0.4) is 0 Å². The highest BCUT2D eigenvalue weighted by atomic mass is 16.6. The Balaban J connectivity index is 1.32. The molecule has 2 aliphatic carbocycles. The molecule has 1 aromatic heterocycles. The van der Waals surface area contributed by atoms with Crippen LogP contribution >= 0.6 is 0 Å². The first-order valence-electron chi connectivity index (χ1n) is 9.65. The van der Waals surface area contributed by atoms with E-state index in [9.17, 15) is 30.0 Å². The zero-order chi connectivity index (χ0) is 20.4. The lowest BCUT2D eigenvalue weighted by atomic mass is 9.85. The number of allylic oxidation sites excluding steroid dienone is 2. The van der Waals surface area contributed by atoms with Crippen molar-refractivity contribution in [2.75, 3.05) is 6.61 Å². The average Bonchev–Trinajstić information content (AvgIpc) is 3.48. The Morgan fingerprint density at radius 3 is 2.31 bits per heavy atom. The summed E-state index contributed by atoms with van der Waals surface area (Å²) >= 11 is 0. The third-order valence-corrected chi connectivity index (χ3v) is 6.57. The van der Waals surface area contributed by atoms with Crippen molar-refractivity contribution in [2.24, 2.45) is 23.7 Å². The number of ether oxygens (including phenoxy) is 1. The predicted molar refractivity (Wildman–Crippen MR) is 92.3 cm³/mol. The van der Waals surface area contributed by atoms with Crippen molar-refractivity contribution in [1.29, 1.82) is 0 Å². The van der Waals surface area contributed by atoms with Crippen LogP contribution in [0.5, 0.6) is 0 Å². The summed E-state index contributed by atoms with van der Waals surface area (Å²) in [7, 11) is 0. The van der Waals surface area contributed by atoms with Crippen LogP contribution in [0.2, 0.25) is 0 Å². The second-order valence-electron chi connectivity index (χ2n) is 8.17. The molecule has 4 aliphatic rings. The topological polar surface area (TPSA) is 158 Å². The number of rotatable bonds is 4. The van der Waals surface area contributed by atoms with Crippen LogP contribution < -0.4 is 0 Å². The van der Waals surface area contributed by atoms with E-state index < -0.39 is 37.3 Å². The fourth-order valence-corrected chi connectivity index (χ4v) is 5.09. The molecule has 29 heavy (non-hydrogen) atoms. The molecule has 11 nitrogen and oxygen atoms in total. The van der Waals surface area contributed by atoms with Crippen LogP contribution in [-0.2, 0) is 20.9 Å². The van der Waals surface area contributed by atoms with E-state index in [2.05, 4.69) is 10.3 Å². The Labute approximate surface area is 165 Å². The highest BCUT2D eigenvalue weighted by molar-refractivity contribution is 6.06. The third kappa shape index (κ3) is 2.69. The van der Waals surface area contributed by atoms with E-state index in [1.165, 1.54) is 11.1 Å². The zero-order valence-electron chi connectivity index (χ0n) is 15.4. The van der Waals surface area contributed by atoms with Crippen molar-refractivity contribution in [3.63, 3.8) is 0 Å². The Morgan fingerprint density at radius 2 is 1.69 bits per heavy atom. The van der Waals surface area contributed by atoms with Crippen molar-refractivity contribution in [3.8, 4) is 0 Å². The minimum absolute atomic E-state index is 0.0401. The maximum atomic E-state index is 12.8. The third-order valence-electron chi connectivity index (χ3n) is 6.57. The van der Waals surface area contributed by atoms with Crippen molar-refractivity contribution in [3.05, 3.63) is 24.0 Å². The van der Waals surface area contributed by atoms with E-state index in [1.54, 1.807) is 0 Å². The van der Waals surface area contributed by atoms with Crippen LogP contribution in [0.4, 0.5) is 0 Å². The number of carbonyl (C=O) groups excluding carboxylic acids is 2. The van der Waals surface area contributed by atoms with Crippen LogP contribution in [0, 0.1) is 23.7 Å². The minimum atomic E-state index is -1.54. The molecular weight excluding hydrogens is 384 g/mol. The number of aliphatic hydroxyl groups excluding tert-OH is 4. The first-order valence-corrected chi connectivity index (χ1v) is 9.65. The molecular formula is C18H22N4O7. The molecule has 3 fully saturated rings. The van der Waals surface area contributed by atoms with Gasteiger partial charge in [-0.3, -0.25) is 14.5 Å². The van der Waals surface area contributed by atoms with Crippen molar-refractivity contribution < 1.29 is 34.8 Å². The molecule has 3 heterocycles. The Morgan fingerprint density at radius 1 is 1.03 bits per heavy atom. The van der Waals surface area contributed by atoms with Crippen molar-refractivity contribution in [2.45, 2.75) is 43.6 Å². The lowest BCUT2D eigenvalue weighted by Crippen LogP contribution is -2.56. The quantitative estimate of drug-likeness (QED) is 0.315. The van der Waals surface area contributed by atoms with Gasteiger partial charge in [0.25, 0.3) is 0 Å². The zero-order valence-corrected chi connectivity index (χ0v) is 15.4. The van der Waals surface area contributed by atoms with Crippen molar-refractivity contribution >= 4 is 11.8 Å². The monoisotopic (exact) mass is 406 g/mol. The summed E-state index contributed by atoms with van der Waals surface area (Å²) in [5, 5.41) is 47.1. The van der Waals surface area contributed by atoms with Gasteiger partial charge in [0.05, 0.1) is 31.2 Å². The summed E-state index contributed by atoms with van der Waals surface area (Å²) in [4.78, 5) is 26.8. The highest BCUT2D eigenvalue weighted by Crippen LogP contribution is 2.52. The van der Waals surface area contributed by atoms with Crippen LogP contribution in [0.1, 0.15) is 18.3 Å². The summed E-state index contributed by atoms with van der Waals surface area (Å²) in [5.41, 5.74) is 0.323. The average molecular weight is 406 g/mol.